The molecular weight excluding hydrogens is 358 g/mol. The number of Topliss-reactive ketones (excluding diaryl/α,β-unsaturated/α-hetero) is 1. The van der Waals surface area contributed by atoms with Gasteiger partial charge in [-0.2, -0.15) is 5.26 Å². The van der Waals surface area contributed by atoms with Crippen LogP contribution in [0.25, 0.3) is 5.69 Å². The molecule has 2 aliphatic rings. The molecule has 1 saturated carbocycles. The lowest BCUT2D eigenvalue weighted by atomic mass is 9.72. The Balaban J connectivity index is 1.57. The first-order valence-corrected chi connectivity index (χ1v) is 10.9. The Hall–Kier alpha value is -2.38. The third-order valence-electron chi connectivity index (χ3n) is 7.04. The zero-order chi connectivity index (χ0) is 20.7. The molecule has 29 heavy (non-hydrogen) atoms. The average molecular weight is 390 g/mol. The summed E-state index contributed by atoms with van der Waals surface area (Å²) < 4.78 is 2.12. The van der Waals surface area contributed by atoms with E-state index in [1.54, 1.807) is 0 Å². The minimum Gasteiger partial charge on any atom is -0.318 e. The van der Waals surface area contributed by atoms with E-state index in [1.807, 2.05) is 44.2 Å². The van der Waals surface area contributed by atoms with Crippen molar-refractivity contribution >= 4 is 5.78 Å². The lowest BCUT2D eigenvalue weighted by molar-refractivity contribution is 0.0137. The maximum Gasteiger partial charge on any atom is 0.178 e. The first-order valence-electron chi connectivity index (χ1n) is 10.9. The second kappa shape index (κ2) is 7.80. The molecule has 4 unspecified atom stereocenters. The molecule has 1 aromatic heterocycles. The van der Waals surface area contributed by atoms with Crippen molar-refractivity contribution in [3.8, 4) is 11.8 Å². The highest BCUT2D eigenvalue weighted by Gasteiger charge is 2.39. The van der Waals surface area contributed by atoms with Gasteiger partial charge in [-0.25, -0.2) is 0 Å². The standard InChI is InChI=1S/C25H31N3O/c1-16-9-21-11-17(2)27(23(10-16)13-21)15-25(29)24-12-18(3)28(19(24)4)22-7-5-20(14-26)6-8-22/h5-8,12,16-17,21,23H,9-11,13,15H2,1-4H3. The highest BCUT2D eigenvalue weighted by molar-refractivity contribution is 5.99. The number of hydrogen-bond acceptors (Lipinski definition) is 3. The molecule has 1 aliphatic carbocycles. The van der Waals surface area contributed by atoms with Crippen LogP contribution in [0.15, 0.2) is 30.3 Å². The fourth-order valence-corrected chi connectivity index (χ4v) is 5.81. The van der Waals surface area contributed by atoms with Gasteiger partial charge in [-0.1, -0.05) is 6.92 Å². The van der Waals surface area contributed by atoms with Crippen LogP contribution in [0.4, 0.5) is 0 Å². The monoisotopic (exact) mass is 389 g/mol. The van der Waals surface area contributed by atoms with Crippen LogP contribution in [-0.2, 0) is 0 Å². The fraction of sp³-hybridized carbons (Fsp3) is 0.520. The van der Waals surface area contributed by atoms with E-state index < -0.39 is 0 Å². The summed E-state index contributed by atoms with van der Waals surface area (Å²) in [5.41, 5.74) is 4.50. The van der Waals surface area contributed by atoms with Crippen LogP contribution in [-0.4, -0.2) is 33.9 Å². The topological polar surface area (TPSA) is 49.0 Å². The number of nitriles is 1. The Kier molecular flexibility index (Phi) is 5.36. The maximum absolute atomic E-state index is 13.3. The largest absolute Gasteiger partial charge is 0.318 e. The summed E-state index contributed by atoms with van der Waals surface area (Å²) in [6.45, 7) is 9.24. The van der Waals surface area contributed by atoms with Crippen molar-refractivity contribution < 1.29 is 4.79 Å². The summed E-state index contributed by atoms with van der Waals surface area (Å²) in [6.07, 6.45) is 5.05. The first-order chi connectivity index (χ1) is 13.9. The summed E-state index contributed by atoms with van der Waals surface area (Å²) in [5, 5.41) is 9.03. The number of rotatable bonds is 4. The van der Waals surface area contributed by atoms with Gasteiger partial charge in [-0.3, -0.25) is 9.69 Å². The number of fused-ring (bicyclic) bond motifs is 2. The first kappa shape index (κ1) is 19.9. The van der Waals surface area contributed by atoms with Crippen LogP contribution in [0.5, 0.6) is 0 Å². The number of aromatic nitrogens is 1. The van der Waals surface area contributed by atoms with Gasteiger partial charge < -0.3 is 4.57 Å². The Morgan fingerprint density at radius 3 is 2.52 bits per heavy atom. The van der Waals surface area contributed by atoms with Crippen molar-refractivity contribution in [2.45, 2.75) is 65.5 Å². The van der Waals surface area contributed by atoms with Crippen LogP contribution in [0.3, 0.4) is 0 Å². The molecule has 4 atom stereocenters. The van der Waals surface area contributed by atoms with Gasteiger partial charge in [-0.15, -0.1) is 0 Å². The molecule has 0 radical (unpaired) electrons. The summed E-state index contributed by atoms with van der Waals surface area (Å²) in [6, 6.07) is 12.8. The van der Waals surface area contributed by atoms with Gasteiger partial charge in [0.1, 0.15) is 0 Å². The van der Waals surface area contributed by atoms with Crippen LogP contribution in [0, 0.1) is 37.0 Å². The van der Waals surface area contributed by atoms with Crippen molar-refractivity contribution in [1.82, 2.24) is 9.47 Å². The minimum absolute atomic E-state index is 0.224. The number of aryl methyl sites for hydroxylation is 1. The summed E-state index contributed by atoms with van der Waals surface area (Å²) in [7, 11) is 0. The molecule has 1 aliphatic heterocycles. The number of likely N-dealkylation sites (tertiary alicyclic amines) is 1. The summed E-state index contributed by atoms with van der Waals surface area (Å²) in [5.74, 6) is 1.83. The Labute approximate surface area is 174 Å². The maximum atomic E-state index is 13.3. The van der Waals surface area contributed by atoms with E-state index in [-0.39, 0.29) is 5.78 Å². The fourth-order valence-electron chi connectivity index (χ4n) is 5.81. The number of ketones is 1. The molecule has 2 fully saturated rings. The lowest BCUT2D eigenvalue weighted by Gasteiger charge is -2.48. The van der Waals surface area contributed by atoms with Gasteiger partial charge in [0.2, 0.25) is 0 Å². The molecule has 2 heterocycles. The third kappa shape index (κ3) is 3.76. The van der Waals surface area contributed by atoms with E-state index in [2.05, 4.69) is 29.4 Å². The van der Waals surface area contributed by atoms with Crippen LogP contribution in [0.1, 0.15) is 66.8 Å². The smallest absolute Gasteiger partial charge is 0.178 e. The van der Waals surface area contributed by atoms with Crippen LogP contribution in [0.2, 0.25) is 0 Å². The Morgan fingerprint density at radius 2 is 1.83 bits per heavy atom. The predicted molar refractivity (Wildman–Crippen MR) is 115 cm³/mol. The zero-order valence-corrected chi connectivity index (χ0v) is 18.0. The van der Waals surface area contributed by atoms with Crippen molar-refractivity contribution in [2.24, 2.45) is 11.8 Å². The van der Waals surface area contributed by atoms with E-state index >= 15 is 0 Å². The molecular formula is C25H31N3O. The molecule has 1 aromatic carbocycles. The molecule has 4 heteroatoms. The molecule has 4 rings (SSSR count). The Bertz CT molecular complexity index is 946. The average Bonchev–Trinajstić information content (AvgIpc) is 2.98. The highest BCUT2D eigenvalue weighted by atomic mass is 16.1. The van der Waals surface area contributed by atoms with Gasteiger partial charge in [-0.05, 0) is 88.6 Å². The van der Waals surface area contributed by atoms with E-state index in [9.17, 15) is 4.79 Å². The van der Waals surface area contributed by atoms with E-state index in [0.717, 1.165) is 34.5 Å². The second-order valence-corrected chi connectivity index (χ2v) is 9.29. The molecule has 152 valence electrons. The van der Waals surface area contributed by atoms with Crippen LogP contribution >= 0.6 is 0 Å². The van der Waals surface area contributed by atoms with E-state index in [1.165, 1.54) is 25.7 Å². The van der Waals surface area contributed by atoms with Gasteiger partial charge in [0, 0.05) is 34.7 Å². The van der Waals surface area contributed by atoms with Gasteiger partial charge >= 0.3 is 0 Å². The van der Waals surface area contributed by atoms with E-state index in [4.69, 9.17) is 5.26 Å². The minimum atomic E-state index is 0.224. The third-order valence-corrected chi connectivity index (χ3v) is 7.04. The predicted octanol–water partition coefficient (Wildman–Crippen LogP) is 5.05. The number of nitrogens with zero attached hydrogens (tertiary/aromatic N) is 3. The van der Waals surface area contributed by atoms with Crippen molar-refractivity contribution in [3.05, 3.63) is 52.8 Å². The van der Waals surface area contributed by atoms with E-state index in [0.29, 0.717) is 24.2 Å². The highest BCUT2D eigenvalue weighted by Crippen LogP contribution is 2.40. The number of piperidine rings is 1. The molecule has 2 bridgehead atoms. The van der Waals surface area contributed by atoms with Crippen molar-refractivity contribution in [1.29, 1.82) is 5.26 Å². The molecule has 2 aromatic rings. The van der Waals surface area contributed by atoms with Crippen molar-refractivity contribution in [3.63, 3.8) is 0 Å². The summed E-state index contributed by atoms with van der Waals surface area (Å²) in [4.78, 5) is 15.8. The number of benzene rings is 1. The molecule has 0 spiro atoms. The lowest BCUT2D eigenvalue weighted by Crippen LogP contribution is -2.52. The number of carbonyl (C=O) groups is 1. The van der Waals surface area contributed by atoms with Gasteiger partial charge in [0.15, 0.2) is 5.78 Å². The number of hydrogen-bond donors (Lipinski definition) is 0. The van der Waals surface area contributed by atoms with Gasteiger partial charge in [0.05, 0.1) is 18.2 Å². The van der Waals surface area contributed by atoms with Crippen molar-refractivity contribution in [2.75, 3.05) is 6.54 Å². The Morgan fingerprint density at radius 1 is 1.10 bits per heavy atom. The number of carbonyl (C=O) groups excluding carboxylic acids is 1. The second-order valence-electron chi connectivity index (χ2n) is 9.29. The molecule has 4 nitrogen and oxygen atoms in total. The molecule has 1 saturated heterocycles. The molecule has 0 N–H and O–H groups in total. The molecule has 0 amide bonds. The summed E-state index contributed by atoms with van der Waals surface area (Å²) >= 11 is 0. The SMILES string of the molecule is Cc1cc(C(=O)CN2C(C)CC3CC(C)CC2C3)c(C)n1-c1ccc(C#N)cc1. The van der Waals surface area contributed by atoms with Crippen LogP contribution < -0.4 is 0 Å². The quantitative estimate of drug-likeness (QED) is 0.688. The zero-order valence-electron chi connectivity index (χ0n) is 18.0. The van der Waals surface area contributed by atoms with Gasteiger partial charge in [0.25, 0.3) is 0 Å². The normalized spacial score (nSPS) is 26.9.